The van der Waals surface area contributed by atoms with Crippen molar-refractivity contribution in [2.24, 2.45) is 0 Å². The number of aliphatic hydroxyl groups excluding tert-OH is 1. The summed E-state index contributed by atoms with van der Waals surface area (Å²) in [4.78, 5) is 36.5. The number of aromatic nitrogens is 4. The number of thioether (sulfide) groups is 1. The maximum Gasteiger partial charge on any atom is 0.315 e. The SMILES string of the molecule is Nc1ncnc2c1ncn2[C@@H]1OC(CO)CC1OC(=O)CCCC[C@@H]1SC[C@@H]2NC(=O)N[C@@H]21. The van der Waals surface area contributed by atoms with Crippen LogP contribution >= 0.6 is 11.8 Å². The van der Waals surface area contributed by atoms with Gasteiger partial charge in [-0.25, -0.2) is 19.7 Å². The lowest BCUT2D eigenvalue weighted by molar-refractivity contribution is -0.155. The van der Waals surface area contributed by atoms with Crippen LogP contribution < -0.4 is 16.4 Å². The molecular formula is C20H27N7O5S. The van der Waals surface area contributed by atoms with Crippen LogP contribution in [-0.4, -0.2) is 78.5 Å². The van der Waals surface area contributed by atoms with Crippen molar-refractivity contribution in [3.63, 3.8) is 0 Å². The van der Waals surface area contributed by atoms with Gasteiger partial charge in [-0.2, -0.15) is 11.8 Å². The molecule has 3 fully saturated rings. The highest BCUT2D eigenvalue weighted by Crippen LogP contribution is 2.35. The Morgan fingerprint density at radius 1 is 1.33 bits per heavy atom. The number of rotatable bonds is 8. The minimum absolute atomic E-state index is 0.0896. The molecule has 0 aromatic carbocycles. The van der Waals surface area contributed by atoms with Crippen molar-refractivity contribution in [3.8, 4) is 0 Å². The van der Waals surface area contributed by atoms with Crippen LogP contribution in [0.4, 0.5) is 10.6 Å². The topological polar surface area (TPSA) is 167 Å². The zero-order valence-corrected chi connectivity index (χ0v) is 18.7. The maximum atomic E-state index is 12.6. The fourth-order valence-corrected chi connectivity index (χ4v) is 6.27. The fourth-order valence-electron chi connectivity index (χ4n) is 4.73. The van der Waals surface area contributed by atoms with Gasteiger partial charge in [-0.15, -0.1) is 0 Å². The molecule has 2 amide bonds. The van der Waals surface area contributed by atoms with Crippen LogP contribution in [0.1, 0.15) is 38.3 Å². The Balaban J connectivity index is 1.15. The second-order valence-corrected chi connectivity index (χ2v) is 9.82. The van der Waals surface area contributed by atoms with Gasteiger partial charge in [0.05, 0.1) is 31.1 Å². The molecule has 33 heavy (non-hydrogen) atoms. The van der Waals surface area contributed by atoms with Crippen LogP contribution in [0.2, 0.25) is 0 Å². The first kappa shape index (κ1) is 22.2. The van der Waals surface area contributed by atoms with E-state index in [-0.39, 0.29) is 36.5 Å². The van der Waals surface area contributed by atoms with E-state index >= 15 is 0 Å². The first-order chi connectivity index (χ1) is 16.0. The van der Waals surface area contributed by atoms with Gasteiger partial charge in [0.15, 0.2) is 17.7 Å². The van der Waals surface area contributed by atoms with Gasteiger partial charge >= 0.3 is 12.0 Å². The predicted molar refractivity (Wildman–Crippen MR) is 119 cm³/mol. The largest absolute Gasteiger partial charge is 0.457 e. The van der Waals surface area contributed by atoms with E-state index in [1.54, 1.807) is 4.57 Å². The number of amides is 2. The van der Waals surface area contributed by atoms with Gasteiger partial charge < -0.3 is 30.9 Å². The summed E-state index contributed by atoms with van der Waals surface area (Å²) in [6.07, 6.45) is 4.37. The van der Waals surface area contributed by atoms with E-state index in [9.17, 15) is 14.7 Å². The van der Waals surface area contributed by atoms with E-state index in [2.05, 4.69) is 25.6 Å². The first-order valence-corrected chi connectivity index (χ1v) is 12.2. The summed E-state index contributed by atoms with van der Waals surface area (Å²) < 4.78 is 13.3. The van der Waals surface area contributed by atoms with Crippen LogP contribution in [0, 0.1) is 0 Å². The Hall–Kier alpha value is -2.64. The van der Waals surface area contributed by atoms with Crippen LogP contribution in [0.25, 0.3) is 11.2 Å². The highest BCUT2D eigenvalue weighted by atomic mass is 32.2. The second kappa shape index (κ2) is 9.31. The zero-order valence-electron chi connectivity index (χ0n) is 17.9. The average Bonchev–Trinajstić information content (AvgIpc) is 3.55. The van der Waals surface area contributed by atoms with Gasteiger partial charge in [-0.05, 0) is 12.8 Å². The zero-order chi connectivity index (χ0) is 22.9. The van der Waals surface area contributed by atoms with Crippen molar-refractivity contribution < 1.29 is 24.2 Å². The van der Waals surface area contributed by atoms with E-state index < -0.39 is 18.4 Å². The monoisotopic (exact) mass is 477 g/mol. The summed E-state index contributed by atoms with van der Waals surface area (Å²) in [7, 11) is 0. The van der Waals surface area contributed by atoms with E-state index in [1.165, 1.54) is 12.7 Å². The Morgan fingerprint density at radius 3 is 3.06 bits per heavy atom. The number of nitrogens with zero attached hydrogens (tertiary/aromatic N) is 4. The number of nitrogens with two attached hydrogens (primary N) is 1. The minimum atomic E-state index is -0.657. The summed E-state index contributed by atoms with van der Waals surface area (Å²) in [6.45, 7) is -0.180. The predicted octanol–water partition coefficient (Wildman–Crippen LogP) is 0.326. The van der Waals surface area contributed by atoms with Gasteiger partial charge in [-0.3, -0.25) is 9.36 Å². The maximum absolute atomic E-state index is 12.6. The number of hydrogen-bond donors (Lipinski definition) is 4. The molecule has 3 aliphatic rings. The third-order valence-corrected chi connectivity index (χ3v) is 7.86. The highest BCUT2D eigenvalue weighted by molar-refractivity contribution is 8.00. The molecule has 0 aliphatic carbocycles. The quantitative estimate of drug-likeness (QED) is 0.236. The lowest BCUT2D eigenvalue weighted by Crippen LogP contribution is -2.36. The molecule has 0 bridgehead atoms. The number of nitrogens with one attached hydrogen (secondary N) is 2. The van der Waals surface area contributed by atoms with E-state index in [4.69, 9.17) is 15.2 Å². The van der Waals surface area contributed by atoms with E-state index in [1.807, 2.05) is 11.8 Å². The number of hydrogen-bond acceptors (Lipinski definition) is 10. The minimum Gasteiger partial charge on any atom is -0.457 e. The smallest absolute Gasteiger partial charge is 0.315 e. The molecule has 6 atom stereocenters. The van der Waals surface area contributed by atoms with Gasteiger partial charge in [0.2, 0.25) is 0 Å². The molecule has 2 aromatic heterocycles. The number of esters is 1. The molecule has 2 aromatic rings. The summed E-state index contributed by atoms with van der Waals surface area (Å²) in [5, 5.41) is 15.9. The van der Waals surface area contributed by atoms with Crippen LogP contribution in [0.3, 0.4) is 0 Å². The van der Waals surface area contributed by atoms with Crippen LogP contribution in [0.15, 0.2) is 12.7 Å². The van der Waals surface area contributed by atoms with Crippen molar-refractivity contribution in [2.75, 3.05) is 18.1 Å². The third-order valence-electron chi connectivity index (χ3n) is 6.35. The molecule has 3 saturated heterocycles. The molecule has 5 rings (SSSR count). The summed E-state index contributed by atoms with van der Waals surface area (Å²) in [5.74, 6) is 0.868. The third kappa shape index (κ3) is 4.44. The number of unbranched alkanes of at least 4 members (excludes halogenated alkanes) is 1. The molecule has 5 N–H and O–H groups in total. The molecule has 0 spiro atoms. The Bertz CT molecular complexity index is 1040. The Labute approximate surface area is 194 Å². The van der Waals surface area contributed by atoms with E-state index in [0.717, 1.165) is 18.6 Å². The molecule has 0 saturated carbocycles. The molecule has 12 nitrogen and oxygen atoms in total. The number of anilines is 1. The van der Waals surface area contributed by atoms with Crippen molar-refractivity contribution in [3.05, 3.63) is 12.7 Å². The van der Waals surface area contributed by atoms with Crippen molar-refractivity contribution in [1.29, 1.82) is 0 Å². The number of imidazole rings is 1. The lowest BCUT2D eigenvalue weighted by Gasteiger charge is -2.20. The van der Waals surface area contributed by atoms with E-state index in [0.29, 0.717) is 35.7 Å². The number of fused-ring (bicyclic) bond motifs is 2. The van der Waals surface area contributed by atoms with Gasteiger partial charge in [0, 0.05) is 23.8 Å². The number of carbonyl (C=O) groups is 2. The number of ether oxygens (including phenoxy) is 2. The summed E-state index contributed by atoms with van der Waals surface area (Å²) in [5.41, 5.74) is 6.79. The van der Waals surface area contributed by atoms with Crippen molar-refractivity contribution in [1.82, 2.24) is 30.2 Å². The standard InChI is InChI=1S/C20H27N7O5S/c21-17-16-18(23-8-22-17)27(9-24-16)19-12(5-10(6-28)31-19)32-14(29)4-2-1-3-13-15-11(7-33-13)25-20(30)26-15/h8-13,15,19,28H,1-7H2,(H2,21,22,23)(H2,25,26,30)/t10?,11-,12?,13-,15-,19+/m0/s1. The molecule has 13 heteroatoms. The molecular weight excluding hydrogens is 450 g/mol. The van der Waals surface area contributed by atoms with Gasteiger partial charge in [0.1, 0.15) is 17.9 Å². The summed E-state index contributed by atoms with van der Waals surface area (Å²) in [6, 6.07) is 0.286. The van der Waals surface area contributed by atoms with Gasteiger partial charge in [-0.1, -0.05) is 6.42 Å². The molecule has 5 heterocycles. The number of urea groups is 1. The van der Waals surface area contributed by atoms with Crippen LogP contribution in [0.5, 0.6) is 0 Å². The van der Waals surface area contributed by atoms with Crippen molar-refractivity contribution in [2.45, 2.75) is 67.9 Å². The molecule has 3 aliphatic heterocycles. The van der Waals surface area contributed by atoms with Crippen LogP contribution in [-0.2, 0) is 14.3 Å². The highest BCUT2D eigenvalue weighted by Gasteiger charge is 2.43. The number of nitrogen functional groups attached to an aromatic ring is 1. The molecule has 2 unspecified atom stereocenters. The Kier molecular flexibility index (Phi) is 6.25. The normalized spacial score (nSPS) is 30.9. The number of aliphatic hydroxyl groups is 1. The molecule has 0 radical (unpaired) electrons. The summed E-state index contributed by atoms with van der Waals surface area (Å²) >= 11 is 1.86. The fraction of sp³-hybridized carbons (Fsp3) is 0.650. The first-order valence-electron chi connectivity index (χ1n) is 11.1. The van der Waals surface area contributed by atoms with Gasteiger partial charge in [0.25, 0.3) is 0 Å². The Morgan fingerprint density at radius 2 is 2.21 bits per heavy atom. The average molecular weight is 478 g/mol. The number of carbonyl (C=O) groups excluding carboxylic acids is 2. The molecule has 178 valence electrons. The van der Waals surface area contributed by atoms with Crippen molar-refractivity contribution >= 4 is 40.7 Å². The lowest BCUT2D eigenvalue weighted by atomic mass is 10.0. The second-order valence-electron chi connectivity index (χ2n) is 8.55.